The van der Waals surface area contributed by atoms with E-state index in [9.17, 15) is 5.11 Å². The number of aryl methyl sites for hydroxylation is 1. The zero-order valence-electron chi connectivity index (χ0n) is 6.65. The fourth-order valence-electron chi connectivity index (χ4n) is 0.882. The molecule has 0 fully saturated rings. The monoisotopic (exact) mass is 156 g/mol. The second-order valence-corrected chi connectivity index (χ2v) is 2.72. The highest BCUT2D eigenvalue weighted by Crippen LogP contribution is 2.15. The van der Waals surface area contributed by atoms with Gasteiger partial charge < -0.3 is 10.8 Å². The molecule has 0 saturated heterocycles. The highest BCUT2D eigenvalue weighted by Gasteiger charge is 2.24. The Bertz CT molecular complexity index is 242. The molecule has 1 rings (SSSR count). The van der Waals surface area contributed by atoms with Gasteiger partial charge >= 0.3 is 0 Å². The fraction of sp³-hybridized carbons (Fsp3) is 0.667. The van der Waals surface area contributed by atoms with Crippen molar-refractivity contribution in [2.24, 2.45) is 12.8 Å². The Morgan fingerprint density at radius 1 is 1.82 bits per heavy atom. The molecule has 62 valence electrons. The van der Waals surface area contributed by atoms with Gasteiger partial charge in [0.25, 0.3) is 0 Å². The Morgan fingerprint density at radius 3 is 2.82 bits per heavy atom. The van der Waals surface area contributed by atoms with Crippen molar-refractivity contribution in [1.29, 1.82) is 0 Å². The molecule has 0 aliphatic rings. The van der Waals surface area contributed by atoms with E-state index in [2.05, 4.69) is 10.3 Å². The highest BCUT2D eigenvalue weighted by molar-refractivity contribution is 5.06. The van der Waals surface area contributed by atoms with Crippen LogP contribution in [0.15, 0.2) is 6.20 Å². The molecule has 1 unspecified atom stereocenters. The predicted molar refractivity (Wildman–Crippen MR) is 39.6 cm³/mol. The van der Waals surface area contributed by atoms with Crippen LogP contribution in [0.2, 0.25) is 0 Å². The minimum Gasteiger partial charge on any atom is -0.382 e. The standard InChI is InChI=1S/C6H12N4O/c1-6(11,4-7)5-3-8-9-10(5)2/h3,11H,4,7H2,1-2H3. The topological polar surface area (TPSA) is 77.0 Å². The number of aliphatic hydroxyl groups is 1. The highest BCUT2D eigenvalue weighted by atomic mass is 16.3. The Kier molecular flexibility index (Phi) is 1.92. The van der Waals surface area contributed by atoms with Crippen LogP contribution >= 0.6 is 0 Å². The van der Waals surface area contributed by atoms with E-state index in [1.165, 1.54) is 10.9 Å². The molecule has 3 N–H and O–H groups in total. The van der Waals surface area contributed by atoms with E-state index in [0.29, 0.717) is 5.69 Å². The van der Waals surface area contributed by atoms with Crippen molar-refractivity contribution < 1.29 is 5.11 Å². The maximum absolute atomic E-state index is 9.64. The van der Waals surface area contributed by atoms with Gasteiger partial charge in [0.05, 0.1) is 11.9 Å². The first kappa shape index (κ1) is 8.16. The number of rotatable bonds is 2. The molecular weight excluding hydrogens is 144 g/mol. The summed E-state index contributed by atoms with van der Waals surface area (Å²) in [5, 5.41) is 17.0. The molecule has 5 nitrogen and oxygen atoms in total. The lowest BCUT2D eigenvalue weighted by molar-refractivity contribution is 0.0581. The summed E-state index contributed by atoms with van der Waals surface area (Å²) in [5.74, 6) is 0. The van der Waals surface area contributed by atoms with E-state index in [1.807, 2.05) is 0 Å². The van der Waals surface area contributed by atoms with Crippen LogP contribution in [0.1, 0.15) is 12.6 Å². The number of hydrogen-bond acceptors (Lipinski definition) is 4. The van der Waals surface area contributed by atoms with Gasteiger partial charge in [0.15, 0.2) is 0 Å². The number of nitrogens with zero attached hydrogens (tertiary/aromatic N) is 3. The Morgan fingerprint density at radius 2 is 2.45 bits per heavy atom. The number of hydrogen-bond donors (Lipinski definition) is 2. The van der Waals surface area contributed by atoms with Gasteiger partial charge in [-0.05, 0) is 6.92 Å². The van der Waals surface area contributed by atoms with Gasteiger partial charge in [0.2, 0.25) is 0 Å². The third kappa shape index (κ3) is 1.38. The van der Waals surface area contributed by atoms with Crippen molar-refractivity contribution in [3.05, 3.63) is 11.9 Å². The zero-order valence-corrected chi connectivity index (χ0v) is 6.65. The first-order valence-corrected chi connectivity index (χ1v) is 3.35. The van der Waals surface area contributed by atoms with Crippen molar-refractivity contribution in [2.45, 2.75) is 12.5 Å². The second kappa shape index (κ2) is 2.60. The Balaban J connectivity index is 3.00. The van der Waals surface area contributed by atoms with E-state index in [4.69, 9.17) is 5.73 Å². The van der Waals surface area contributed by atoms with E-state index < -0.39 is 5.60 Å². The molecule has 11 heavy (non-hydrogen) atoms. The van der Waals surface area contributed by atoms with Gasteiger partial charge in [0.1, 0.15) is 5.60 Å². The van der Waals surface area contributed by atoms with Gasteiger partial charge in [-0.3, -0.25) is 0 Å². The molecule has 0 aliphatic carbocycles. The average molecular weight is 156 g/mol. The first-order chi connectivity index (χ1) is 5.08. The molecule has 1 atom stereocenters. The molecule has 1 aromatic rings. The van der Waals surface area contributed by atoms with Crippen LogP contribution in [0.4, 0.5) is 0 Å². The third-order valence-electron chi connectivity index (χ3n) is 1.66. The summed E-state index contributed by atoms with van der Waals surface area (Å²) in [7, 11) is 1.71. The lowest BCUT2D eigenvalue weighted by Gasteiger charge is -2.19. The molecule has 5 heteroatoms. The Labute approximate surface area is 64.8 Å². The number of aromatic nitrogens is 3. The van der Waals surface area contributed by atoms with Crippen LogP contribution in [0.5, 0.6) is 0 Å². The van der Waals surface area contributed by atoms with Crippen molar-refractivity contribution >= 4 is 0 Å². The number of nitrogens with two attached hydrogens (primary N) is 1. The SMILES string of the molecule is Cn1nncc1C(C)(O)CN. The smallest absolute Gasteiger partial charge is 0.117 e. The van der Waals surface area contributed by atoms with Crippen LogP contribution in [-0.4, -0.2) is 26.6 Å². The molecule has 0 amide bonds. The van der Waals surface area contributed by atoms with Crippen LogP contribution in [0.3, 0.4) is 0 Å². The molecular formula is C6H12N4O. The van der Waals surface area contributed by atoms with E-state index >= 15 is 0 Å². The van der Waals surface area contributed by atoms with Gasteiger partial charge in [0, 0.05) is 13.6 Å². The summed E-state index contributed by atoms with van der Waals surface area (Å²) in [6.45, 7) is 1.79. The molecule has 0 aromatic carbocycles. The van der Waals surface area contributed by atoms with Crippen molar-refractivity contribution in [3.8, 4) is 0 Å². The van der Waals surface area contributed by atoms with Gasteiger partial charge in [-0.1, -0.05) is 5.21 Å². The third-order valence-corrected chi connectivity index (χ3v) is 1.66. The van der Waals surface area contributed by atoms with Gasteiger partial charge in [-0.15, -0.1) is 5.10 Å². The van der Waals surface area contributed by atoms with E-state index in [-0.39, 0.29) is 6.54 Å². The quantitative estimate of drug-likeness (QED) is 0.574. The van der Waals surface area contributed by atoms with Crippen LogP contribution < -0.4 is 5.73 Å². The largest absolute Gasteiger partial charge is 0.382 e. The fourth-order valence-corrected chi connectivity index (χ4v) is 0.882. The van der Waals surface area contributed by atoms with Crippen molar-refractivity contribution in [3.63, 3.8) is 0 Å². The van der Waals surface area contributed by atoms with Gasteiger partial charge in [-0.2, -0.15) is 0 Å². The van der Waals surface area contributed by atoms with Crippen LogP contribution in [0.25, 0.3) is 0 Å². The summed E-state index contributed by atoms with van der Waals surface area (Å²) in [6, 6.07) is 0. The van der Waals surface area contributed by atoms with E-state index in [1.54, 1.807) is 14.0 Å². The maximum Gasteiger partial charge on any atom is 0.117 e. The summed E-state index contributed by atoms with van der Waals surface area (Å²) in [6.07, 6.45) is 1.51. The maximum atomic E-state index is 9.64. The van der Waals surface area contributed by atoms with Crippen molar-refractivity contribution in [2.75, 3.05) is 6.54 Å². The summed E-state index contributed by atoms with van der Waals surface area (Å²) >= 11 is 0. The lowest BCUT2D eigenvalue weighted by Crippen LogP contribution is -2.33. The minimum atomic E-state index is -1.03. The van der Waals surface area contributed by atoms with E-state index in [0.717, 1.165) is 0 Å². The predicted octanol–water partition coefficient (Wildman–Crippen LogP) is -1.02. The first-order valence-electron chi connectivity index (χ1n) is 3.35. The zero-order chi connectivity index (χ0) is 8.48. The average Bonchev–Trinajstić information content (AvgIpc) is 2.36. The molecule has 0 aliphatic heterocycles. The van der Waals surface area contributed by atoms with Crippen LogP contribution in [-0.2, 0) is 12.6 Å². The molecule has 0 bridgehead atoms. The van der Waals surface area contributed by atoms with Crippen molar-refractivity contribution in [1.82, 2.24) is 15.0 Å². The summed E-state index contributed by atoms with van der Waals surface area (Å²) in [4.78, 5) is 0. The summed E-state index contributed by atoms with van der Waals surface area (Å²) < 4.78 is 1.51. The second-order valence-electron chi connectivity index (χ2n) is 2.72. The molecule has 0 spiro atoms. The molecule has 0 radical (unpaired) electrons. The summed E-state index contributed by atoms with van der Waals surface area (Å²) in [5.41, 5.74) is 4.94. The molecule has 1 heterocycles. The normalized spacial score (nSPS) is 16.4. The van der Waals surface area contributed by atoms with Gasteiger partial charge in [-0.25, -0.2) is 4.68 Å². The Hall–Kier alpha value is -0.940. The molecule has 1 aromatic heterocycles. The molecule has 0 saturated carbocycles. The lowest BCUT2D eigenvalue weighted by atomic mass is 10.0. The minimum absolute atomic E-state index is 0.161. The van der Waals surface area contributed by atoms with Crippen LogP contribution in [0, 0.1) is 0 Å².